The van der Waals surface area contributed by atoms with E-state index in [1.54, 1.807) is 6.07 Å². The fourth-order valence-electron chi connectivity index (χ4n) is 3.95. The van der Waals surface area contributed by atoms with Crippen molar-refractivity contribution in [2.75, 3.05) is 31.1 Å². The van der Waals surface area contributed by atoms with Crippen LogP contribution in [0.15, 0.2) is 45.6 Å². The molecule has 1 saturated heterocycles. The molecule has 28 heavy (non-hydrogen) atoms. The molecule has 0 radical (unpaired) electrons. The van der Waals surface area contributed by atoms with Crippen molar-refractivity contribution in [3.63, 3.8) is 0 Å². The highest BCUT2D eigenvalue weighted by molar-refractivity contribution is 6.32. The molecule has 2 aromatic carbocycles. The normalized spacial score (nSPS) is 15.4. The molecule has 0 unspecified atom stereocenters. The Morgan fingerprint density at radius 2 is 1.75 bits per heavy atom. The number of piperazine rings is 1. The van der Waals surface area contributed by atoms with Gasteiger partial charge in [0.25, 0.3) is 0 Å². The summed E-state index contributed by atoms with van der Waals surface area (Å²) in [4.78, 5) is 16.9. The minimum atomic E-state index is -0.307. The monoisotopic (exact) mass is 396 g/mol. The maximum absolute atomic E-state index is 12.0. The zero-order chi connectivity index (χ0) is 19.8. The molecule has 0 bridgehead atoms. The van der Waals surface area contributed by atoms with Gasteiger partial charge in [0.2, 0.25) is 0 Å². The number of anilines is 1. The van der Waals surface area contributed by atoms with Crippen LogP contribution < -0.4 is 10.5 Å². The number of rotatable bonds is 3. The first-order valence-corrected chi connectivity index (χ1v) is 10.1. The number of aryl methyl sites for hydroxylation is 2. The van der Waals surface area contributed by atoms with Gasteiger partial charge in [-0.15, -0.1) is 0 Å². The molecule has 1 aromatic heterocycles. The standard InChI is InChI=1S/C23H25ClN2O2/c1-15-5-4-6-21(17(15)3)26-9-7-25(8-10-26)14-18-12-23(27)28-22-11-16(2)20(24)13-19(18)22/h4-6,11-13H,7-10,14H2,1-3H3. The first kappa shape index (κ1) is 19.0. The zero-order valence-electron chi connectivity index (χ0n) is 16.6. The summed E-state index contributed by atoms with van der Waals surface area (Å²) >= 11 is 6.32. The zero-order valence-corrected chi connectivity index (χ0v) is 17.3. The lowest BCUT2D eigenvalue weighted by atomic mass is 10.1. The van der Waals surface area contributed by atoms with Gasteiger partial charge in [-0.1, -0.05) is 23.7 Å². The third-order valence-corrected chi connectivity index (χ3v) is 6.20. The Morgan fingerprint density at radius 1 is 1.00 bits per heavy atom. The summed E-state index contributed by atoms with van der Waals surface area (Å²) in [6, 6.07) is 11.9. The predicted molar refractivity (Wildman–Crippen MR) is 116 cm³/mol. The molecule has 0 saturated carbocycles. The van der Waals surface area contributed by atoms with Crippen LogP contribution in [0.2, 0.25) is 5.02 Å². The Hall–Kier alpha value is -2.30. The van der Waals surface area contributed by atoms with Crippen molar-refractivity contribution in [1.82, 2.24) is 4.90 Å². The summed E-state index contributed by atoms with van der Waals surface area (Å²) in [5.74, 6) is 0. The van der Waals surface area contributed by atoms with E-state index in [1.165, 1.54) is 16.8 Å². The Balaban J connectivity index is 1.53. The van der Waals surface area contributed by atoms with Gasteiger partial charge in [0.1, 0.15) is 5.58 Å². The molecular weight excluding hydrogens is 372 g/mol. The highest BCUT2D eigenvalue weighted by Crippen LogP contribution is 2.27. The second-order valence-corrected chi connectivity index (χ2v) is 8.08. The van der Waals surface area contributed by atoms with Gasteiger partial charge in [-0.2, -0.15) is 0 Å². The fraction of sp³-hybridized carbons (Fsp3) is 0.348. The molecule has 0 amide bonds. The van der Waals surface area contributed by atoms with Crippen LogP contribution in [0, 0.1) is 20.8 Å². The number of benzene rings is 2. The van der Waals surface area contributed by atoms with Crippen LogP contribution in [-0.2, 0) is 6.54 Å². The minimum absolute atomic E-state index is 0.307. The molecule has 5 heteroatoms. The van der Waals surface area contributed by atoms with E-state index in [0.29, 0.717) is 10.6 Å². The molecule has 1 aliphatic rings. The number of nitrogens with zero attached hydrogens (tertiary/aromatic N) is 2. The topological polar surface area (TPSA) is 36.7 Å². The van der Waals surface area contributed by atoms with Crippen molar-refractivity contribution in [3.05, 3.63) is 74.1 Å². The van der Waals surface area contributed by atoms with Crippen LogP contribution in [0.1, 0.15) is 22.3 Å². The van der Waals surface area contributed by atoms with E-state index in [2.05, 4.69) is 41.8 Å². The number of fused-ring (bicyclic) bond motifs is 1. The summed E-state index contributed by atoms with van der Waals surface area (Å²) in [7, 11) is 0. The van der Waals surface area contributed by atoms with Crippen molar-refractivity contribution in [2.24, 2.45) is 0 Å². The summed E-state index contributed by atoms with van der Waals surface area (Å²) in [5.41, 5.74) is 6.21. The second kappa shape index (κ2) is 7.61. The van der Waals surface area contributed by atoms with Crippen molar-refractivity contribution >= 4 is 28.3 Å². The SMILES string of the molecule is Cc1cc2oc(=O)cc(CN3CCN(c4cccc(C)c4C)CC3)c2cc1Cl. The van der Waals surface area contributed by atoms with Gasteiger partial charge in [0, 0.05) is 54.9 Å². The average molecular weight is 397 g/mol. The van der Waals surface area contributed by atoms with Crippen molar-refractivity contribution < 1.29 is 4.42 Å². The number of hydrogen-bond acceptors (Lipinski definition) is 4. The highest BCUT2D eigenvalue weighted by Gasteiger charge is 2.20. The predicted octanol–water partition coefficient (Wildman–Crippen LogP) is 4.69. The van der Waals surface area contributed by atoms with Gasteiger partial charge in [0.05, 0.1) is 0 Å². The van der Waals surface area contributed by atoms with Gasteiger partial charge in [-0.05, 0) is 61.2 Å². The van der Waals surface area contributed by atoms with E-state index in [1.807, 2.05) is 19.1 Å². The van der Waals surface area contributed by atoms with Crippen LogP contribution >= 0.6 is 11.6 Å². The lowest BCUT2D eigenvalue weighted by Crippen LogP contribution is -2.46. The Morgan fingerprint density at radius 3 is 2.50 bits per heavy atom. The van der Waals surface area contributed by atoms with E-state index < -0.39 is 0 Å². The van der Waals surface area contributed by atoms with E-state index in [0.717, 1.165) is 49.2 Å². The van der Waals surface area contributed by atoms with E-state index in [4.69, 9.17) is 16.0 Å². The van der Waals surface area contributed by atoms with Crippen molar-refractivity contribution in [1.29, 1.82) is 0 Å². The van der Waals surface area contributed by atoms with Crippen LogP contribution in [0.3, 0.4) is 0 Å². The number of hydrogen-bond donors (Lipinski definition) is 0. The summed E-state index contributed by atoms with van der Waals surface area (Å²) in [6.07, 6.45) is 0. The molecule has 0 aliphatic carbocycles. The Kier molecular flexibility index (Phi) is 5.17. The molecule has 146 valence electrons. The second-order valence-electron chi connectivity index (χ2n) is 7.67. The maximum Gasteiger partial charge on any atom is 0.336 e. The molecule has 1 aliphatic heterocycles. The van der Waals surface area contributed by atoms with Crippen LogP contribution in [0.25, 0.3) is 11.0 Å². The lowest BCUT2D eigenvalue weighted by molar-refractivity contribution is 0.250. The smallest absolute Gasteiger partial charge is 0.336 e. The third kappa shape index (κ3) is 3.67. The molecule has 3 aromatic rings. The molecule has 4 rings (SSSR count). The summed E-state index contributed by atoms with van der Waals surface area (Å²) in [6.45, 7) is 10.9. The molecule has 1 fully saturated rings. The van der Waals surface area contributed by atoms with Gasteiger partial charge in [-0.3, -0.25) is 4.90 Å². The Labute approximate surface area is 170 Å². The van der Waals surface area contributed by atoms with E-state index in [-0.39, 0.29) is 5.63 Å². The lowest BCUT2D eigenvalue weighted by Gasteiger charge is -2.37. The molecular formula is C23H25ClN2O2. The molecule has 2 heterocycles. The van der Waals surface area contributed by atoms with Gasteiger partial charge in [0.15, 0.2) is 0 Å². The molecule has 4 nitrogen and oxygen atoms in total. The molecule has 0 spiro atoms. The minimum Gasteiger partial charge on any atom is -0.423 e. The van der Waals surface area contributed by atoms with Crippen LogP contribution in [0.4, 0.5) is 5.69 Å². The van der Waals surface area contributed by atoms with Crippen LogP contribution in [-0.4, -0.2) is 31.1 Å². The first-order chi connectivity index (χ1) is 13.4. The maximum atomic E-state index is 12.0. The van der Waals surface area contributed by atoms with E-state index >= 15 is 0 Å². The van der Waals surface area contributed by atoms with E-state index in [9.17, 15) is 4.79 Å². The summed E-state index contributed by atoms with van der Waals surface area (Å²) in [5, 5.41) is 1.62. The van der Waals surface area contributed by atoms with Gasteiger partial charge in [-0.25, -0.2) is 4.79 Å². The quantitative estimate of drug-likeness (QED) is 0.601. The number of halogens is 1. The molecule has 0 atom stereocenters. The van der Waals surface area contributed by atoms with Crippen molar-refractivity contribution in [3.8, 4) is 0 Å². The summed E-state index contributed by atoms with van der Waals surface area (Å²) < 4.78 is 5.39. The fourth-order valence-corrected chi connectivity index (χ4v) is 4.11. The third-order valence-electron chi connectivity index (χ3n) is 5.79. The van der Waals surface area contributed by atoms with Gasteiger partial charge >= 0.3 is 5.63 Å². The van der Waals surface area contributed by atoms with Gasteiger partial charge < -0.3 is 9.32 Å². The molecule has 0 N–H and O–H groups in total. The highest BCUT2D eigenvalue weighted by atomic mass is 35.5. The van der Waals surface area contributed by atoms with Crippen LogP contribution in [0.5, 0.6) is 0 Å². The largest absolute Gasteiger partial charge is 0.423 e. The Bertz CT molecular complexity index is 1080. The first-order valence-electron chi connectivity index (χ1n) is 9.69. The van der Waals surface area contributed by atoms with Crippen molar-refractivity contribution in [2.45, 2.75) is 27.3 Å². The average Bonchev–Trinajstić information content (AvgIpc) is 2.66.